The van der Waals surface area contributed by atoms with Crippen LogP contribution in [0.2, 0.25) is 0 Å². The number of amides is 1. The van der Waals surface area contributed by atoms with Crippen LogP contribution in [0.5, 0.6) is 5.75 Å². The number of nitrogens with one attached hydrogen (secondary N) is 1. The van der Waals surface area contributed by atoms with E-state index < -0.39 is 0 Å². The summed E-state index contributed by atoms with van der Waals surface area (Å²) in [6.07, 6.45) is 1.47. The minimum Gasteiger partial charge on any atom is -0.497 e. The van der Waals surface area contributed by atoms with Crippen LogP contribution < -0.4 is 15.6 Å². The van der Waals surface area contributed by atoms with Gasteiger partial charge < -0.3 is 10.1 Å². The molecule has 0 spiro atoms. The molecule has 0 fully saturated rings. The number of carbonyl (C=O) groups excluding carboxylic acids is 1. The molecule has 4 rings (SSSR count). The number of aromatic nitrogens is 2. The predicted molar refractivity (Wildman–Crippen MR) is 116 cm³/mol. The summed E-state index contributed by atoms with van der Waals surface area (Å²) in [4.78, 5) is 30.0. The van der Waals surface area contributed by atoms with Crippen LogP contribution in [-0.4, -0.2) is 22.6 Å². The van der Waals surface area contributed by atoms with Crippen LogP contribution in [0, 0.1) is 0 Å². The van der Waals surface area contributed by atoms with Crippen molar-refractivity contribution in [2.75, 3.05) is 7.11 Å². The zero-order valence-electron chi connectivity index (χ0n) is 16.7. The largest absolute Gasteiger partial charge is 0.497 e. The van der Waals surface area contributed by atoms with Gasteiger partial charge in [0.05, 0.1) is 29.7 Å². The maximum absolute atomic E-state index is 13.0. The predicted octanol–water partition coefficient (Wildman–Crippen LogP) is 3.89. The lowest BCUT2D eigenvalue weighted by Crippen LogP contribution is -2.26. The first-order valence-electron chi connectivity index (χ1n) is 9.58. The Morgan fingerprint density at radius 1 is 1.03 bits per heavy atom. The van der Waals surface area contributed by atoms with E-state index in [0.717, 1.165) is 5.56 Å². The highest BCUT2D eigenvalue weighted by molar-refractivity contribution is 5.97. The fourth-order valence-electron chi connectivity index (χ4n) is 3.31. The Balaban J connectivity index is 1.63. The molecule has 150 valence electrons. The van der Waals surface area contributed by atoms with Crippen molar-refractivity contribution in [3.05, 3.63) is 101 Å². The van der Waals surface area contributed by atoms with E-state index in [4.69, 9.17) is 4.74 Å². The summed E-state index contributed by atoms with van der Waals surface area (Å²) in [6.45, 7) is 1.93. The van der Waals surface area contributed by atoms with Gasteiger partial charge in [-0.1, -0.05) is 36.4 Å². The van der Waals surface area contributed by atoms with Crippen LogP contribution in [-0.2, 0) is 0 Å². The number of fused-ring (bicyclic) bond motifs is 1. The number of rotatable bonds is 5. The number of ether oxygens (including phenoxy) is 1. The summed E-state index contributed by atoms with van der Waals surface area (Å²) in [5, 5.41) is 3.42. The average Bonchev–Trinajstić information content (AvgIpc) is 2.79. The first-order valence-corrected chi connectivity index (χ1v) is 9.58. The Bertz CT molecular complexity index is 1270. The minimum absolute atomic E-state index is 0.136. The third kappa shape index (κ3) is 3.80. The van der Waals surface area contributed by atoms with E-state index in [0.29, 0.717) is 27.9 Å². The van der Waals surface area contributed by atoms with E-state index in [1.165, 1.54) is 10.9 Å². The van der Waals surface area contributed by atoms with Crippen LogP contribution >= 0.6 is 0 Å². The van der Waals surface area contributed by atoms with E-state index in [2.05, 4.69) is 10.3 Å². The molecule has 0 bridgehead atoms. The van der Waals surface area contributed by atoms with Gasteiger partial charge >= 0.3 is 0 Å². The van der Waals surface area contributed by atoms with Gasteiger partial charge in [0.15, 0.2) is 0 Å². The fourth-order valence-corrected chi connectivity index (χ4v) is 3.31. The summed E-state index contributed by atoms with van der Waals surface area (Å²) in [5.41, 5.74) is 2.39. The Morgan fingerprint density at radius 2 is 1.83 bits per heavy atom. The molecule has 1 heterocycles. The van der Waals surface area contributed by atoms with Gasteiger partial charge in [0.2, 0.25) is 0 Å². The average molecular weight is 399 g/mol. The molecule has 1 N–H and O–H groups in total. The molecule has 0 saturated carbocycles. The van der Waals surface area contributed by atoms with Crippen molar-refractivity contribution in [1.29, 1.82) is 0 Å². The topological polar surface area (TPSA) is 73.2 Å². The molecule has 0 aliphatic carbocycles. The Labute approximate surface area is 173 Å². The van der Waals surface area contributed by atoms with Gasteiger partial charge in [-0.3, -0.25) is 14.2 Å². The Hall–Kier alpha value is -3.93. The number of carbonyl (C=O) groups is 1. The smallest absolute Gasteiger partial charge is 0.265 e. The van der Waals surface area contributed by atoms with Crippen molar-refractivity contribution in [1.82, 2.24) is 14.9 Å². The second-order valence-electron chi connectivity index (χ2n) is 6.96. The van der Waals surface area contributed by atoms with Crippen molar-refractivity contribution >= 4 is 16.8 Å². The quantitative estimate of drug-likeness (QED) is 0.553. The van der Waals surface area contributed by atoms with Crippen LogP contribution in [0.15, 0.2) is 83.9 Å². The normalized spacial score (nSPS) is 11.8. The molecule has 30 heavy (non-hydrogen) atoms. The molecule has 3 aromatic carbocycles. The molecule has 0 aliphatic rings. The van der Waals surface area contributed by atoms with Crippen molar-refractivity contribution in [2.45, 2.75) is 13.0 Å². The molecule has 0 radical (unpaired) electrons. The second-order valence-corrected chi connectivity index (χ2v) is 6.96. The fraction of sp³-hybridized carbons (Fsp3) is 0.125. The lowest BCUT2D eigenvalue weighted by molar-refractivity contribution is 0.0940. The third-order valence-electron chi connectivity index (χ3n) is 5.00. The van der Waals surface area contributed by atoms with Crippen LogP contribution in [0.4, 0.5) is 0 Å². The molecule has 0 unspecified atom stereocenters. The monoisotopic (exact) mass is 399 g/mol. The van der Waals surface area contributed by atoms with Crippen molar-refractivity contribution < 1.29 is 9.53 Å². The van der Waals surface area contributed by atoms with Gasteiger partial charge in [0.25, 0.3) is 11.5 Å². The van der Waals surface area contributed by atoms with E-state index in [-0.39, 0.29) is 17.5 Å². The highest BCUT2D eigenvalue weighted by atomic mass is 16.5. The molecule has 6 heteroatoms. The molecule has 6 nitrogen and oxygen atoms in total. The second kappa shape index (κ2) is 8.21. The van der Waals surface area contributed by atoms with Gasteiger partial charge in [0, 0.05) is 11.6 Å². The Kier molecular flexibility index (Phi) is 5.30. The van der Waals surface area contributed by atoms with Crippen molar-refractivity contribution in [3.8, 4) is 11.4 Å². The zero-order chi connectivity index (χ0) is 21.1. The molecular formula is C24H21N3O3. The summed E-state index contributed by atoms with van der Waals surface area (Å²) in [7, 11) is 1.58. The zero-order valence-corrected chi connectivity index (χ0v) is 16.7. The Morgan fingerprint density at radius 3 is 2.60 bits per heavy atom. The summed E-state index contributed by atoms with van der Waals surface area (Å²) >= 11 is 0. The lowest BCUT2D eigenvalue weighted by atomic mass is 10.1. The highest BCUT2D eigenvalue weighted by Crippen LogP contribution is 2.17. The van der Waals surface area contributed by atoms with Crippen LogP contribution in [0.1, 0.15) is 28.9 Å². The number of methoxy groups -OCH3 is 1. The van der Waals surface area contributed by atoms with Crippen molar-refractivity contribution in [2.24, 2.45) is 0 Å². The molecular weight excluding hydrogens is 378 g/mol. The number of nitrogens with zero attached hydrogens (tertiary/aromatic N) is 2. The van der Waals surface area contributed by atoms with Gasteiger partial charge in [-0.15, -0.1) is 0 Å². The molecule has 4 aromatic rings. The van der Waals surface area contributed by atoms with Gasteiger partial charge in [-0.2, -0.15) is 0 Å². The number of hydrogen-bond donors (Lipinski definition) is 1. The van der Waals surface area contributed by atoms with Crippen LogP contribution in [0.3, 0.4) is 0 Å². The molecule has 0 aliphatic heterocycles. The van der Waals surface area contributed by atoms with Gasteiger partial charge in [-0.25, -0.2) is 4.98 Å². The highest BCUT2D eigenvalue weighted by Gasteiger charge is 2.14. The van der Waals surface area contributed by atoms with Crippen LogP contribution in [0.25, 0.3) is 16.6 Å². The third-order valence-corrected chi connectivity index (χ3v) is 5.00. The summed E-state index contributed by atoms with van der Waals surface area (Å²) in [6, 6.07) is 21.7. The lowest BCUT2D eigenvalue weighted by Gasteiger charge is -2.14. The minimum atomic E-state index is -0.216. The van der Waals surface area contributed by atoms with Gasteiger partial charge in [-0.05, 0) is 42.8 Å². The summed E-state index contributed by atoms with van der Waals surface area (Å²) in [5.74, 6) is 0.436. The first-order chi connectivity index (χ1) is 14.6. The van der Waals surface area contributed by atoms with E-state index in [9.17, 15) is 9.59 Å². The van der Waals surface area contributed by atoms with Crippen molar-refractivity contribution in [3.63, 3.8) is 0 Å². The molecule has 1 aromatic heterocycles. The molecule has 0 saturated heterocycles. The molecule has 1 amide bonds. The number of benzene rings is 3. The maximum Gasteiger partial charge on any atom is 0.265 e. The standard InChI is InChI=1S/C24H21N3O3/c1-16(17-7-4-3-5-8-17)26-23(28)18-11-12-21-22(13-18)25-15-27(24(21)29)19-9-6-10-20(14-19)30-2/h3-16H,1-2H3,(H,26,28)/t16-/m0/s1. The molecule has 1 atom stereocenters. The van der Waals surface area contributed by atoms with Gasteiger partial charge in [0.1, 0.15) is 12.1 Å². The van der Waals surface area contributed by atoms with E-state index in [1.54, 1.807) is 31.4 Å². The first kappa shape index (κ1) is 19.4. The SMILES string of the molecule is COc1cccc(-n2cnc3cc(C(=O)N[C@@H](C)c4ccccc4)ccc3c2=O)c1. The van der Waals surface area contributed by atoms with E-state index in [1.807, 2.05) is 55.5 Å². The number of hydrogen-bond acceptors (Lipinski definition) is 4. The summed E-state index contributed by atoms with van der Waals surface area (Å²) < 4.78 is 6.69. The maximum atomic E-state index is 13.0. The van der Waals surface area contributed by atoms with E-state index >= 15 is 0 Å².